The summed E-state index contributed by atoms with van der Waals surface area (Å²) in [5.41, 5.74) is 6.05. The van der Waals surface area contributed by atoms with E-state index in [0.717, 1.165) is 36.9 Å². The third kappa shape index (κ3) is 6.06. The standard InChI is InChI=1S/C31H36N2O3.ClH/c1-23-29-21-28(35-3)15-16-30(29)33(31(23)25-9-13-26(34-2)14-10-25)22-24-7-11-27(12-8-24)36-20-19-32-17-5-4-6-18-32;/h7-16,21H,4-6,17-20,22H2,1-3H3;1H. The van der Waals surface area contributed by atoms with Crippen LogP contribution in [-0.2, 0) is 6.54 Å². The minimum absolute atomic E-state index is 0. The van der Waals surface area contributed by atoms with Gasteiger partial charge in [-0.2, -0.15) is 0 Å². The zero-order chi connectivity index (χ0) is 24.9. The maximum atomic E-state index is 6.05. The minimum Gasteiger partial charge on any atom is -0.497 e. The predicted octanol–water partition coefficient (Wildman–Crippen LogP) is 6.97. The zero-order valence-electron chi connectivity index (χ0n) is 22.0. The number of nitrogens with zero attached hydrogens (tertiary/aromatic N) is 2. The van der Waals surface area contributed by atoms with Crippen molar-refractivity contribution in [2.24, 2.45) is 0 Å². The number of hydrogen-bond acceptors (Lipinski definition) is 4. The molecular formula is C31H37ClN2O3. The number of halogens is 1. The van der Waals surface area contributed by atoms with Crippen molar-refractivity contribution in [3.8, 4) is 28.5 Å². The minimum atomic E-state index is 0. The van der Waals surface area contributed by atoms with Crippen molar-refractivity contribution in [1.29, 1.82) is 0 Å². The van der Waals surface area contributed by atoms with Crippen LogP contribution in [0.2, 0.25) is 0 Å². The highest BCUT2D eigenvalue weighted by Crippen LogP contribution is 2.36. The summed E-state index contributed by atoms with van der Waals surface area (Å²) in [5, 5.41) is 1.21. The lowest BCUT2D eigenvalue weighted by Gasteiger charge is -2.26. The number of rotatable bonds is 9. The lowest BCUT2D eigenvalue weighted by atomic mass is 10.1. The highest BCUT2D eigenvalue weighted by molar-refractivity contribution is 5.92. The number of methoxy groups -OCH3 is 2. The number of piperidine rings is 1. The molecule has 196 valence electrons. The van der Waals surface area contributed by atoms with Crippen molar-refractivity contribution in [2.45, 2.75) is 32.7 Å². The molecule has 1 fully saturated rings. The molecule has 5 nitrogen and oxygen atoms in total. The van der Waals surface area contributed by atoms with E-state index in [9.17, 15) is 0 Å². The summed E-state index contributed by atoms with van der Waals surface area (Å²) in [6, 6.07) is 23.2. The van der Waals surface area contributed by atoms with Crippen LogP contribution in [0.5, 0.6) is 17.2 Å². The van der Waals surface area contributed by atoms with Crippen LogP contribution in [0.4, 0.5) is 0 Å². The fourth-order valence-electron chi connectivity index (χ4n) is 5.26. The van der Waals surface area contributed by atoms with Crippen LogP contribution in [-0.4, -0.2) is 49.9 Å². The first-order chi connectivity index (χ1) is 17.7. The molecule has 2 heterocycles. The maximum Gasteiger partial charge on any atom is 0.119 e. The highest BCUT2D eigenvalue weighted by atomic mass is 35.5. The third-order valence-electron chi connectivity index (χ3n) is 7.28. The number of likely N-dealkylation sites (tertiary alicyclic amines) is 1. The second-order valence-electron chi connectivity index (χ2n) is 9.57. The number of hydrogen-bond donors (Lipinski definition) is 0. The second kappa shape index (κ2) is 12.4. The molecule has 1 saturated heterocycles. The van der Waals surface area contributed by atoms with E-state index in [0.29, 0.717) is 0 Å². The van der Waals surface area contributed by atoms with E-state index in [1.165, 1.54) is 65.6 Å². The van der Waals surface area contributed by atoms with Gasteiger partial charge in [-0.15, -0.1) is 12.4 Å². The molecule has 5 rings (SSSR count). The molecule has 1 aromatic heterocycles. The van der Waals surface area contributed by atoms with Gasteiger partial charge in [0.05, 0.1) is 19.9 Å². The zero-order valence-corrected chi connectivity index (χ0v) is 22.9. The molecule has 1 aliphatic heterocycles. The molecule has 0 N–H and O–H groups in total. The van der Waals surface area contributed by atoms with Gasteiger partial charge < -0.3 is 18.8 Å². The largest absolute Gasteiger partial charge is 0.497 e. The summed E-state index contributed by atoms with van der Waals surface area (Å²) in [5.74, 6) is 2.66. The molecule has 0 aliphatic carbocycles. The Kier molecular flexibility index (Phi) is 9.01. The number of fused-ring (bicyclic) bond motifs is 1. The maximum absolute atomic E-state index is 6.05. The molecule has 0 bridgehead atoms. The van der Waals surface area contributed by atoms with Crippen LogP contribution in [0.1, 0.15) is 30.4 Å². The Morgan fingerprint density at radius 2 is 1.41 bits per heavy atom. The Morgan fingerprint density at radius 1 is 0.757 bits per heavy atom. The number of aryl methyl sites for hydroxylation is 1. The Hall–Kier alpha value is -3.15. The highest BCUT2D eigenvalue weighted by Gasteiger charge is 2.17. The van der Waals surface area contributed by atoms with E-state index in [2.05, 4.69) is 64.9 Å². The topological polar surface area (TPSA) is 35.9 Å². The lowest BCUT2D eigenvalue weighted by molar-refractivity contribution is 0.183. The molecule has 6 heteroatoms. The van der Waals surface area contributed by atoms with Crippen LogP contribution in [0.3, 0.4) is 0 Å². The SMILES string of the molecule is COc1ccc(-c2c(C)c3cc(OC)ccc3n2Cc2ccc(OCCN3CCCCC3)cc2)cc1.Cl. The number of ether oxygens (including phenoxy) is 3. The first-order valence-electron chi connectivity index (χ1n) is 12.9. The van der Waals surface area contributed by atoms with E-state index in [1.54, 1.807) is 14.2 Å². The fraction of sp³-hybridized carbons (Fsp3) is 0.355. The third-order valence-corrected chi connectivity index (χ3v) is 7.28. The van der Waals surface area contributed by atoms with Gasteiger partial charge in [0.15, 0.2) is 0 Å². The Morgan fingerprint density at radius 3 is 2.08 bits per heavy atom. The van der Waals surface area contributed by atoms with Gasteiger partial charge in [0, 0.05) is 24.0 Å². The number of aromatic nitrogens is 1. The van der Waals surface area contributed by atoms with Crippen molar-refractivity contribution in [3.05, 3.63) is 77.9 Å². The van der Waals surface area contributed by atoms with Crippen molar-refractivity contribution in [1.82, 2.24) is 9.47 Å². The van der Waals surface area contributed by atoms with Gasteiger partial charge in [-0.25, -0.2) is 0 Å². The van der Waals surface area contributed by atoms with E-state index in [4.69, 9.17) is 14.2 Å². The van der Waals surface area contributed by atoms with Crippen molar-refractivity contribution < 1.29 is 14.2 Å². The lowest BCUT2D eigenvalue weighted by Crippen LogP contribution is -2.33. The molecule has 0 unspecified atom stereocenters. The van der Waals surface area contributed by atoms with Crippen molar-refractivity contribution in [3.63, 3.8) is 0 Å². The first kappa shape index (κ1) is 26.9. The normalized spacial score (nSPS) is 13.8. The summed E-state index contributed by atoms with van der Waals surface area (Å²) in [6.07, 6.45) is 3.99. The monoisotopic (exact) mass is 520 g/mol. The van der Waals surface area contributed by atoms with E-state index in [1.807, 2.05) is 18.2 Å². The van der Waals surface area contributed by atoms with Crippen LogP contribution in [0, 0.1) is 6.92 Å². The van der Waals surface area contributed by atoms with Gasteiger partial charge >= 0.3 is 0 Å². The van der Waals surface area contributed by atoms with Crippen LogP contribution < -0.4 is 14.2 Å². The number of benzene rings is 3. The van der Waals surface area contributed by atoms with Crippen LogP contribution in [0.25, 0.3) is 22.2 Å². The van der Waals surface area contributed by atoms with Gasteiger partial charge in [0.25, 0.3) is 0 Å². The molecule has 0 amide bonds. The van der Waals surface area contributed by atoms with Gasteiger partial charge in [0.1, 0.15) is 23.9 Å². The smallest absolute Gasteiger partial charge is 0.119 e. The Labute approximate surface area is 226 Å². The molecular weight excluding hydrogens is 484 g/mol. The summed E-state index contributed by atoms with van der Waals surface area (Å²) in [7, 11) is 3.42. The predicted molar refractivity (Wildman–Crippen MR) is 154 cm³/mol. The molecule has 37 heavy (non-hydrogen) atoms. The van der Waals surface area contributed by atoms with Crippen LogP contribution in [0.15, 0.2) is 66.7 Å². The van der Waals surface area contributed by atoms with Crippen molar-refractivity contribution >= 4 is 23.3 Å². The quantitative estimate of drug-likeness (QED) is 0.239. The van der Waals surface area contributed by atoms with Gasteiger partial charge in [-0.3, -0.25) is 4.90 Å². The fourth-order valence-corrected chi connectivity index (χ4v) is 5.26. The van der Waals surface area contributed by atoms with E-state index in [-0.39, 0.29) is 12.4 Å². The van der Waals surface area contributed by atoms with Gasteiger partial charge in [0.2, 0.25) is 0 Å². The van der Waals surface area contributed by atoms with E-state index >= 15 is 0 Å². The molecule has 3 aromatic carbocycles. The average Bonchev–Trinajstić information content (AvgIpc) is 3.20. The molecule has 4 aromatic rings. The van der Waals surface area contributed by atoms with Gasteiger partial charge in [-0.05, 0) is 104 Å². The van der Waals surface area contributed by atoms with E-state index < -0.39 is 0 Å². The average molecular weight is 521 g/mol. The Balaban J connectivity index is 0.00000320. The summed E-state index contributed by atoms with van der Waals surface area (Å²) in [4.78, 5) is 2.51. The summed E-state index contributed by atoms with van der Waals surface area (Å²) in [6.45, 7) is 7.11. The van der Waals surface area contributed by atoms with Gasteiger partial charge in [-0.1, -0.05) is 18.6 Å². The summed E-state index contributed by atoms with van der Waals surface area (Å²) < 4.78 is 19.4. The second-order valence-corrected chi connectivity index (χ2v) is 9.57. The molecule has 0 spiro atoms. The Bertz CT molecular complexity index is 1290. The molecule has 0 atom stereocenters. The summed E-state index contributed by atoms with van der Waals surface area (Å²) >= 11 is 0. The van der Waals surface area contributed by atoms with Crippen LogP contribution >= 0.6 is 12.4 Å². The molecule has 0 radical (unpaired) electrons. The molecule has 0 saturated carbocycles. The van der Waals surface area contributed by atoms with Crippen molar-refractivity contribution in [2.75, 3.05) is 40.5 Å². The molecule has 1 aliphatic rings. The first-order valence-corrected chi connectivity index (χ1v) is 12.9.